The van der Waals surface area contributed by atoms with E-state index in [1.165, 1.54) is 24.3 Å². The predicted octanol–water partition coefficient (Wildman–Crippen LogP) is 2.78. The highest BCUT2D eigenvalue weighted by Crippen LogP contribution is 2.16. The summed E-state index contributed by atoms with van der Waals surface area (Å²) in [5.41, 5.74) is 0.611. The summed E-state index contributed by atoms with van der Waals surface area (Å²) in [6.45, 7) is -2.86. The monoisotopic (exact) mass is 228 g/mol. The van der Waals surface area contributed by atoms with Crippen LogP contribution >= 0.6 is 0 Å². The highest BCUT2D eigenvalue weighted by Gasteiger charge is 2.03. The zero-order chi connectivity index (χ0) is 12.0. The van der Waals surface area contributed by atoms with Crippen molar-refractivity contribution in [3.8, 4) is 5.75 Å². The Kier molecular flexibility index (Phi) is 4.44. The number of benzene rings is 1. The molecule has 0 bridgehead atoms. The normalized spacial score (nSPS) is 10.9. The zero-order valence-electron chi connectivity index (χ0n) is 8.27. The van der Waals surface area contributed by atoms with Crippen molar-refractivity contribution in [1.82, 2.24) is 0 Å². The van der Waals surface area contributed by atoms with E-state index in [-0.39, 0.29) is 12.2 Å². The number of aliphatic carboxylic acids is 1. The molecular weight excluding hydrogens is 218 g/mol. The number of hydrogen-bond acceptors (Lipinski definition) is 2. The van der Waals surface area contributed by atoms with Crippen LogP contribution in [0.2, 0.25) is 0 Å². The molecule has 3 nitrogen and oxygen atoms in total. The molecule has 1 aromatic rings. The van der Waals surface area contributed by atoms with E-state index in [2.05, 4.69) is 4.74 Å². The van der Waals surface area contributed by atoms with Crippen LogP contribution in [0.3, 0.4) is 0 Å². The molecule has 0 unspecified atom stereocenters. The molecule has 1 aromatic carbocycles. The molecule has 0 amide bonds. The summed E-state index contributed by atoms with van der Waals surface area (Å²) < 4.78 is 28.0. The number of ether oxygens (including phenoxy) is 1. The number of halogens is 2. The number of carboxylic acids is 1. The van der Waals surface area contributed by atoms with Crippen LogP contribution in [0.4, 0.5) is 8.78 Å². The Bertz CT molecular complexity index is 389. The Morgan fingerprint density at radius 3 is 2.88 bits per heavy atom. The molecule has 0 aliphatic carbocycles. The lowest BCUT2D eigenvalue weighted by atomic mass is 10.2. The Labute approximate surface area is 91.0 Å². The zero-order valence-corrected chi connectivity index (χ0v) is 8.27. The Balaban J connectivity index is 2.67. The molecule has 5 heteroatoms. The number of carbonyl (C=O) groups is 1. The molecule has 16 heavy (non-hydrogen) atoms. The van der Waals surface area contributed by atoms with Crippen LogP contribution in [0.5, 0.6) is 5.75 Å². The lowest BCUT2D eigenvalue weighted by Gasteiger charge is -2.04. The predicted molar refractivity (Wildman–Crippen MR) is 54.4 cm³/mol. The van der Waals surface area contributed by atoms with Gasteiger partial charge in [-0.25, -0.2) is 0 Å². The third kappa shape index (κ3) is 4.54. The maximum absolute atomic E-state index is 11.9. The van der Waals surface area contributed by atoms with Gasteiger partial charge in [0.15, 0.2) is 0 Å². The Morgan fingerprint density at radius 1 is 1.50 bits per heavy atom. The van der Waals surface area contributed by atoms with Crippen molar-refractivity contribution in [3.05, 3.63) is 35.9 Å². The van der Waals surface area contributed by atoms with E-state index in [0.29, 0.717) is 5.56 Å². The minimum absolute atomic E-state index is 0.0486. The highest BCUT2D eigenvalue weighted by molar-refractivity contribution is 5.70. The summed E-state index contributed by atoms with van der Waals surface area (Å²) in [5, 5.41) is 8.39. The SMILES string of the molecule is O=C(O)CC=Cc1cccc(OC(F)F)c1. The number of hydrogen-bond donors (Lipinski definition) is 1. The van der Waals surface area contributed by atoms with E-state index in [0.717, 1.165) is 0 Å². The molecule has 0 fully saturated rings. The van der Waals surface area contributed by atoms with E-state index < -0.39 is 12.6 Å². The molecular formula is C11H10F2O3. The van der Waals surface area contributed by atoms with E-state index >= 15 is 0 Å². The fraction of sp³-hybridized carbons (Fsp3) is 0.182. The second-order valence-electron chi connectivity index (χ2n) is 2.95. The highest BCUT2D eigenvalue weighted by atomic mass is 19.3. The fourth-order valence-electron chi connectivity index (χ4n) is 1.09. The fourth-order valence-corrected chi connectivity index (χ4v) is 1.09. The molecule has 0 aliphatic rings. The molecule has 1 rings (SSSR count). The van der Waals surface area contributed by atoms with Gasteiger partial charge in [-0.05, 0) is 17.7 Å². The molecule has 0 saturated carbocycles. The lowest BCUT2D eigenvalue weighted by molar-refractivity contribution is -0.135. The van der Waals surface area contributed by atoms with Gasteiger partial charge in [-0.3, -0.25) is 4.79 Å². The number of carboxylic acid groups (broad SMARTS) is 1. The van der Waals surface area contributed by atoms with Gasteiger partial charge in [-0.15, -0.1) is 0 Å². The standard InChI is InChI=1S/C11H10F2O3/c12-11(13)16-9-5-1-3-8(7-9)4-2-6-10(14)15/h1-5,7,11H,6H2,(H,14,15). The van der Waals surface area contributed by atoms with E-state index in [4.69, 9.17) is 5.11 Å². The van der Waals surface area contributed by atoms with Crippen LogP contribution in [0.15, 0.2) is 30.3 Å². The van der Waals surface area contributed by atoms with Crippen molar-refractivity contribution < 1.29 is 23.4 Å². The minimum Gasteiger partial charge on any atom is -0.481 e. The molecule has 0 aromatic heterocycles. The van der Waals surface area contributed by atoms with E-state index in [1.54, 1.807) is 12.1 Å². The quantitative estimate of drug-likeness (QED) is 0.842. The third-order valence-electron chi connectivity index (χ3n) is 1.69. The average Bonchev–Trinajstić information content (AvgIpc) is 2.16. The van der Waals surface area contributed by atoms with Crippen molar-refractivity contribution in [1.29, 1.82) is 0 Å². The Morgan fingerprint density at radius 2 is 2.25 bits per heavy atom. The van der Waals surface area contributed by atoms with Crippen LogP contribution in [0.25, 0.3) is 6.08 Å². The first kappa shape index (κ1) is 12.2. The molecule has 0 heterocycles. The molecule has 0 spiro atoms. The van der Waals surface area contributed by atoms with Gasteiger partial charge in [0.2, 0.25) is 0 Å². The van der Waals surface area contributed by atoms with E-state index in [1.807, 2.05) is 0 Å². The third-order valence-corrected chi connectivity index (χ3v) is 1.69. The van der Waals surface area contributed by atoms with Crippen LogP contribution < -0.4 is 4.74 Å². The van der Waals surface area contributed by atoms with Crippen LogP contribution in [0.1, 0.15) is 12.0 Å². The Hall–Kier alpha value is -1.91. The topological polar surface area (TPSA) is 46.5 Å². The minimum atomic E-state index is -2.86. The first-order valence-corrected chi connectivity index (χ1v) is 4.51. The van der Waals surface area contributed by atoms with Crippen molar-refractivity contribution >= 4 is 12.0 Å². The molecule has 0 saturated heterocycles. The lowest BCUT2D eigenvalue weighted by Crippen LogP contribution is -2.01. The molecule has 86 valence electrons. The summed E-state index contributed by atoms with van der Waals surface area (Å²) in [6.07, 6.45) is 2.86. The van der Waals surface area contributed by atoms with Crippen LogP contribution in [-0.4, -0.2) is 17.7 Å². The van der Waals surface area contributed by atoms with Crippen molar-refractivity contribution in [3.63, 3.8) is 0 Å². The van der Waals surface area contributed by atoms with Gasteiger partial charge in [-0.1, -0.05) is 24.3 Å². The maximum atomic E-state index is 11.9. The number of alkyl halides is 2. The molecule has 0 atom stereocenters. The van der Waals surface area contributed by atoms with Gasteiger partial charge in [0.25, 0.3) is 0 Å². The van der Waals surface area contributed by atoms with Gasteiger partial charge in [0, 0.05) is 0 Å². The largest absolute Gasteiger partial charge is 0.481 e. The van der Waals surface area contributed by atoms with Crippen molar-refractivity contribution in [2.75, 3.05) is 0 Å². The first-order chi connectivity index (χ1) is 7.58. The second kappa shape index (κ2) is 5.85. The summed E-state index contributed by atoms with van der Waals surface area (Å²) in [6, 6.07) is 6.03. The van der Waals surface area contributed by atoms with Gasteiger partial charge in [0.05, 0.1) is 6.42 Å². The van der Waals surface area contributed by atoms with Gasteiger partial charge < -0.3 is 9.84 Å². The summed E-state index contributed by atoms with van der Waals surface area (Å²) >= 11 is 0. The van der Waals surface area contributed by atoms with E-state index in [9.17, 15) is 13.6 Å². The summed E-state index contributed by atoms with van der Waals surface area (Å²) in [5.74, 6) is -0.899. The second-order valence-corrected chi connectivity index (χ2v) is 2.95. The molecule has 1 N–H and O–H groups in total. The molecule has 0 radical (unpaired) electrons. The smallest absolute Gasteiger partial charge is 0.387 e. The van der Waals surface area contributed by atoms with Crippen LogP contribution in [0, 0.1) is 0 Å². The van der Waals surface area contributed by atoms with Gasteiger partial charge in [0.1, 0.15) is 5.75 Å². The first-order valence-electron chi connectivity index (χ1n) is 4.51. The van der Waals surface area contributed by atoms with Crippen molar-refractivity contribution in [2.45, 2.75) is 13.0 Å². The average molecular weight is 228 g/mol. The summed E-state index contributed by atoms with van der Waals surface area (Å²) in [7, 11) is 0. The van der Waals surface area contributed by atoms with Gasteiger partial charge in [-0.2, -0.15) is 8.78 Å². The maximum Gasteiger partial charge on any atom is 0.387 e. The van der Waals surface area contributed by atoms with Gasteiger partial charge >= 0.3 is 12.6 Å². The summed E-state index contributed by atoms with van der Waals surface area (Å²) in [4.78, 5) is 10.2. The molecule has 0 aliphatic heterocycles. The van der Waals surface area contributed by atoms with Crippen molar-refractivity contribution in [2.24, 2.45) is 0 Å². The van der Waals surface area contributed by atoms with Crippen LogP contribution in [-0.2, 0) is 4.79 Å². The number of rotatable bonds is 5.